The normalized spacial score (nSPS) is 19.1. The van der Waals surface area contributed by atoms with Crippen LogP contribution in [-0.4, -0.2) is 56.3 Å². The van der Waals surface area contributed by atoms with Crippen molar-refractivity contribution in [3.05, 3.63) is 46.8 Å². The number of hydrogen-bond donors (Lipinski definition) is 1. The Morgan fingerprint density at radius 1 is 0.673 bits per heavy atom. The van der Waals surface area contributed by atoms with Crippen LogP contribution in [0.15, 0.2) is 24.3 Å². The molecule has 1 radical (unpaired) electrons. The van der Waals surface area contributed by atoms with Crippen LogP contribution in [-0.2, 0) is 48.9 Å². The van der Waals surface area contributed by atoms with E-state index in [9.17, 15) is 13.2 Å². The molecule has 0 unspecified atom stereocenters. The standard InChI is InChI=1S/C34H56N2O2Si2.CHF3O3S.Cu/c1-31(2,3)39(11,12)37-33(7,8)25-19-15-23-17-21-27(35-29(23)25)28-22-18-24-16-20-26(30(24)36-28)34(9,10)38-40(13,14)32(4,5)6;2-1(3,4)8(5,6)7;/h17-18,21-22,25-26H,15-16,19-20H2,1-14H3;(H,5,6,7);/t25-,26-;;/m1../s1. The second kappa shape index (κ2) is 14.4. The summed E-state index contributed by atoms with van der Waals surface area (Å²) in [6.07, 6.45) is 4.31. The zero-order valence-electron chi connectivity index (χ0n) is 31.6. The summed E-state index contributed by atoms with van der Waals surface area (Å²) in [5.74, 6) is 0.575. The summed E-state index contributed by atoms with van der Waals surface area (Å²) in [6, 6.07) is 8.94. The SMILES string of the molecule is CC(C)(O[Si](C)(C)C(C)(C)C)[C@@H]1CCc2ccc(-c3ccc4c(n3)[C@H](C(C)(C)O[Si](C)(C)C(C)(C)C)CC4)nc21.O=S(=O)(O)C(F)(F)F.[Cu]. The monoisotopic (exact) mass is 793 g/mol. The van der Waals surface area contributed by atoms with Crippen LogP contribution < -0.4 is 0 Å². The second-order valence-corrected chi connectivity index (χ2v) is 28.4. The molecule has 0 aromatic carbocycles. The molecule has 0 spiro atoms. The third-order valence-electron chi connectivity index (χ3n) is 11.0. The second-order valence-electron chi connectivity index (χ2n) is 17.5. The number of halogens is 3. The van der Waals surface area contributed by atoms with E-state index in [-0.39, 0.29) is 50.2 Å². The van der Waals surface area contributed by atoms with Gasteiger partial charge in [0, 0.05) is 28.9 Å². The summed E-state index contributed by atoms with van der Waals surface area (Å²) in [4.78, 5) is 10.6. The molecule has 49 heavy (non-hydrogen) atoms. The van der Waals surface area contributed by atoms with Crippen molar-refractivity contribution in [2.75, 3.05) is 0 Å². The number of aromatic nitrogens is 2. The van der Waals surface area contributed by atoms with Crippen LogP contribution in [0.3, 0.4) is 0 Å². The number of nitrogens with zero attached hydrogens (tertiary/aromatic N) is 2. The maximum atomic E-state index is 10.7. The van der Waals surface area contributed by atoms with Gasteiger partial charge in [0.15, 0.2) is 16.6 Å². The quantitative estimate of drug-likeness (QED) is 0.169. The first-order chi connectivity index (χ1) is 21.3. The molecule has 4 rings (SSSR count). The zero-order chi connectivity index (χ0) is 37.1. The molecule has 2 aliphatic carbocycles. The fourth-order valence-electron chi connectivity index (χ4n) is 6.31. The van der Waals surface area contributed by atoms with Crippen molar-refractivity contribution < 1.29 is 52.1 Å². The van der Waals surface area contributed by atoms with Crippen LogP contribution in [0.1, 0.15) is 116 Å². The van der Waals surface area contributed by atoms with Gasteiger partial charge in [-0.15, -0.1) is 0 Å². The molecule has 0 saturated heterocycles. The van der Waals surface area contributed by atoms with Crippen molar-refractivity contribution >= 4 is 26.8 Å². The van der Waals surface area contributed by atoms with E-state index >= 15 is 0 Å². The number of pyridine rings is 2. The predicted octanol–water partition coefficient (Wildman–Crippen LogP) is 10.2. The van der Waals surface area contributed by atoms with Gasteiger partial charge < -0.3 is 8.85 Å². The smallest absolute Gasteiger partial charge is 0.411 e. The molecule has 0 fully saturated rings. The molecule has 14 heteroatoms. The zero-order valence-corrected chi connectivity index (χ0v) is 35.4. The Hall–Kier alpha value is -1.13. The minimum absolute atomic E-state index is 0. The maximum absolute atomic E-state index is 10.7. The Morgan fingerprint density at radius 2 is 0.959 bits per heavy atom. The first kappa shape index (κ1) is 44.0. The summed E-state index contributed by atoms with van der Waals surface area (Å²) in [7, 11) is -9.69. The minimum Gasteiger partial charge on any atom is -0.411 e. The topological polar surface area (TPSA) is 98.6 Å². The molecule has 0 bridgehead atoms. The summed E-state index contributed by atoms with van der Waals surface area (Å²) in [5, 5.41) is 0.349. The Morgan fingerprint density at radius 3 is 1.20 bits per heavy atom. The fourth-order valence-corrected chi connectivity index (χ4v) is 9.84. The molecular weight excluding hydrogens is 737 g/mol. The Labute approximate surface area is 305 Å². The molecule has 2 atom stereocenters. The molecule has 2 heterocycles. The molecule has 0 amide bonds. The van der Waals surface area contributed by atoms with E-state index in [2.05, 4.69) is 120 Å². The van der Waals surface area contributed by atoms with Crippen LogP contribution in [0.25, 0.3) is 11.4 Å². The van der Waals surface area contributed by atoms with E-state index in [1.807, 2.05) is 0 Å². The van der Waals surface area contributed by atoms with Gasteiger partial charge in [-0.3, -0.25) is 14.5 Å². The third kappa shape index (κ3) is 9.85. The molecule has 2 aromatic heterocycles. The average molecular weight is 795 g/mol. The van der Waals surface area contributed by atoms with E-state index in [0.29, 0.717) is 0 Å². The van der Waals surface area contributed by atoms with E-state index in [0.717, 1.165) is 37.1 Å². The summed E-state index contributed by atoms with van der Waals surface area (Å²) in [5.41, 5.74) is 1.04. The number of alkyl halides is 3. The van der Waals surface area contributed by atoms with Gasteiger partial charge in [0.1, 0.15) is 0 Å². The van der Waals surface area contributed by atoms with Crippen molar-refractivity contribution in [2.45, 2.75) is 160 Å². The molecule has 2 aromatic rings. The summed E-state index contributed by atoms with van der Waals surface area (Å²) in [6.45, 7) is 32.5. The van der Waals surface area contributed by atoms with Gasteiger partial charge in [0.05, 0.1) is 34.0 Å². The van der Waals surface area contributed by atoms with Crippen molar-refractivity contribution in [2.24, 2.45) is 0 Å². The fraction of sp³-hybridized carbons (Fsp3) is 0.714. The van der Waals surface area contributed by atoms with Crippen LogP contribution in [0.2, 0.25) is 36.3 Å². The van der Waals surface area contributed by atoms with Crippen molar-refractivity contribution in [1.82, 2.24) is 9.97 Å². The number of aryl methyl sites for hydroxylation is 2. The first-order valence-corrected chi connectivity index (χ1v) is 24.0. The van der Waals surface area contributed by atoms with Crippen LogP contribution in [0, 0.1) is 0 Å². The summed E-state index contributed by atoms with van der Waals surface area (Å²) >= 11 is 0. The van der Waals surface area contributed by atoms with Crippen molar-refractivity contribution in [3.63, 3.8) is 0 Å². The molecule has 0 saturated carbocycles. The van der Waals surface area contributed by atoms with E-state index in [1.165, 1.54) is 22.5 Å². The molecule has 2 aliphatic rings. The molecule has 7 nitrogen and oxygen atoms in total. The largest absolute Gasteiger partial charge is 0.522 e. The van der Waals surface area contributed by atoms with Gasteiger partial charge in [-0.2, -0.15) is 21.6 Å². The van der Waals surface area contributed by atoms with Gasteiger partial charge in [0.2, 0.25) is 0 Å². The Bertz CT molecular complexity index is 1500. The predicted molar refractivity (Wildman–Crippen MR) is 192 cm³/mol. The number of fused-ring (bicyclic) bond motifs is 2. The molecule has 283 valence electrons. The summed E-state index contributed by atoms with van der Waals surface area (Å²) < 4.78 is 71.6. The van der Waals surface area contributed by atoms with E-state index < -0.39 is 32.3 Å². The molecular formula is C35H57CuF3N2O5SSi2. The van der Waals surface area contributed by atoms with Gasteiger partial charge in [-0.25, -0.2) is 0 Å². The Kier molecular flexibility index (Phi) is 12.9. The van der Waals surface area contributed by atoms with E-state index in [1.54, 1.807) is 0 Å². The molecule has 0 aliphatic heterocycles. The van der Waals surface area contributed by atoms with E-state index in [4.69, 9.17) is 31.8 Å². The van der Waals surface area contributed by atoms with Crippen molar-refractivity contribution in [3.8, 4) is 11.4 Å². The van der Waals surface area contributed by atoms with Gasteiger partial charge in [0.25, 0.3) is 0 Å². The van der Waals surface area contributed by atoms with Crippen LogP contribution in [0.4, 0.5) is 13.2 Å². The van der Waals surface area contributed by atoms with Gasteiger partial charge in [-0.1, -0.05) is 53.7 Å². The molecule has 1 N–H and O–H groups in total. The maximum Gasteiger partial charge on any atom is 0.522 e. The van der Waals surface area contributed by atoms with Crippen LogP contribution in [0.5, 0.6) is 0 Å². The minimum atomic E-state index is -5.84. The van der Waals surface area contributed by atoms with Gasteiger partial charge >= 0.3 is 15.6 Å². The van der Waals surface area contributed by atoms with Crippen molar-refractivity contribution in [1.29, 1.82) is 0 Å². The van der Waals surface area contributed by atoms with Gasteiger partial charge in [-0.05, 0) is 113 Å². The third-order valence-corrected chi connectivity index (χ3v) is 20.9. The average Bonchev–Trinajstić information content (AvgIpc) is 3.50. The number of rotatable bonds is 7. The first-order valence-electron chi connectivity index (χ1n) is 16.7. The number of hydrogen-bond acceptors (Lipinski definition) is 6. The van der Waals surface area contributed by atoms with Crippen LogP contribution >= 0.6 is 0 Å². The Balaban J connectivity index is 0.000000825.